The summed E-state index contributed by atoms with van der Waals surface area (Å²) in [4.78, 5) is 58.0. The summed E-state index contributed by atoms with van der Waals surface area (Å²) in [6, 6.07) is 7.63. The highest BCUT2D eigenvalue weighted by molar-refractivity contribution is 9.09. The summed E-state index contributed by atoms with van der Waals surface area (Å²) in [5, 5.41) is 12.7. The van der Waals surface area contributed by atoms with Crippen LogP contribution in [0.5, 0.6) is 0 Å². The van der Waals surface area contributed by atoms with Crippen LogP contribution in [0.4, 0.5) is 0 Å². The van der Waals surface area contributed by atoms with Gasteiger partial charge in [-0.25, -0.2) is 0 Å². The predicted octanol–water partition coefficient (Wildman–Crippen LogP) is 3.69. The molecule has 1 aromatic rings. The van der Waals surface area contributed by atoms with Crippen molar-refractivity contribution in [3.05, 3.63) is 61.2 Å². The van der Waals surface area contributed by atoms with Gasteiger partial charge in [0.1, 0.15) is 18.2 Å². The number of nitrogens with zero attached hydrogens (tertiary/aromatic N) is 2. The maximum Gasteiger partial charge on any atom is 0.306 e. The molecule has 0 radical (unpaired) electrons. The summed E-state index contributed by atoms with van der Waals surface area (Å²) in [6.07, 6.45) is 6.82. The number of carbonyl (C=O) groups is 4. The van der Waals surface area contributed by atoms with Crippen molar-refractivity contribution in [1.82, 2.24) is 15.1 Å². The van der Waals surface area contributed by atoms with Crippen molar-refractivity contribution >= 4 is 39.6 Å². The van der Waals surface area contributed by atoms with Crippen molar-refractivity contribution in [2.24, 2.45) is 11.8 Å². The first-order valence-electron chi connectivity index (χ1n) is 16.0. The number of likely N-dealkylation sites (tertiary alicyclic amines) is 1. The summed E-state index contributed by atoms with van der Waals surface area (Å²) < 4.78 is 12.1. The monoisotopic (exact) mass is 687 g/mol. The number of amides is 3. The van der Waals surface area contributed by atoms with Crippen molar-refractivity contribution in [3.8, 4) is 0 Å². The highest BCUT2D eigenvalue weighted by Crippen LogP contribution is 2.60. The highest BCUT2D eigenvalue weighted by atomic mass is 79.9. The second kappa shape index (κ2) is 16.0. The quantitative estimate of drug-likeness (QED) is 0.104. The Balaban J connectivity index is 1.63. The minimum absolute atomic E-state index is 0.0799. The van der Waals surface area contributed by atoms with Gasteiger partial charge in [-0.15, -0.1) is 13.2 Å². The molecule has 1 unspecified atom stereocenters. The fourth-order valence-corrected chi connectivity index (χ4v) is 7.95. The van der Waals surface area contributed by atoms with Gasteiger partial charge in [0, 0.05) is 37.5 Å². The van der Waals surface area contributed by atoms with Crippen molar-refractivity contribution in [3.63, 3.8) is 0 Å². The van der Waals surface area contributed by atoms with E-state index in [0.29, 0.717) is 32.4 Å². The molecule has 4 rings (SSSR count). The molecule has 3 heterocycles. The smallest absolute Gasteiger partial charge is 0.306 e. The summed E-state index contributed by atoms with van der Waals surface area (Å²) >= 11 is 3.72. The molecule has 11 heteroatoms. The molecule has 1 spiro atoms. The topological polar surface area (TPSA) is 125 Å². The number of halogens is 1. The third-order valence-electron chi connectivity index (χ3n) is 9.06. The second-order valence-corrected chi connectivity index (χ2v) is 13.2. The van der Waals surface area contributed by atoms with Gasteiger partial charge in [-0.3, -0.25) is 19.2 Å². The van der Waals surface area contributed by atoms with Gasteiger partial charge in [0.2, 0.25) is 17.7 Å². The first kappa shape index (κ1) is 34.8. The normalized spacial score (nSPS) is 27.1. The van der Waals surface area contributed by atoms with Crippen LogP contribution in [0.1, 0.15) is 63.5 Å². The Hall–Kier alpha value is -3.02. The van der Waals surface area contributed by atoms with Crippen molar-refractivity contribution < 1.29 is 33.8 Å². The number of aliphatic hydroxyl groups excluding tert-OH is 1. The van der Waals surface area contributed by atoms with E-state index in [1.54, 1.807) is 17.1 Å². The number of rotatable bonds is 18. The van der Waals surface area contributed by atoms with Gasteiger partial charge in [0.15, 0.2) is 0 Å². The van der Waals surface area contributed by atoms with E-state index in [1.165, 1.54) is 4.90 Å². The summed E-state index contributed by atoms with van der Waals surface area (Å²) in [6.45, 7) is 10.4. The zero-order chi connectivity index (χ0) is 32.6. The number of hydrogen-bond acceptors (Lipinski definition) is 7. The average molecular weight is 689 g/mol. The predicted molar refractivity (Wildman–Crippen MR) is 173 cm³/mol. The molecule has 1 aromatic carbocycles. The fourth-order valence-electron chi connectivity index (χ4n) is 7.01. The lowest BCUT2D eigenvalue weighted by Crippen LogP contribution is -2.57. The molecule has 0 aliphatic carbocycles. The van der Waals surface area contributed by atoms with Gasteiger partial charge < -0.3 is 29.7 Å². The number of alkyl halides is 1. The SMILES string of the molecule is C=CCCC(=O)OC[C@H](NC(=O)[C@@H]1[C@H]2O[C@@]3(CC2Br)[C@H](C(=O)N(CC=C)CCCCC)N(CCCO)C(=O)[C@@H]13)c1ccccc1. The van der Waals surface area contributed by atoms with Gasteiger partial charge in [-0.2, -0.15) is 0 Å². The molecule has 0 saturated carbocycles. The van der Waals surface area contributed by atoms with E-state index in [1.807, 2.05) is 30.3 Å². The Labute approximate surface area is 274 Å². The van der Waals surface area contributed by atoms with Gasteiger partial charge in [-0.1, -0.05) is 78.2 Å². The standard InChI is InChI=1S/C34H46BrN3O7/c1-4-7-12-18-37(17-6-3)33(43)30-34-21-24(35)29(45-34)27(28(34)32(42)38(30)19-13-20-39)31(41)36-25(23-14-10-9-11-15-23)22-44-26(40)16-8-5-2/h5-6,9-11,14-15,24-25,27-30,39H,2-4,7-8,12-13,16-22H2,1H3,(H,36,41)/t24?,25-,27-,28+,29-,30-,34+/m0/s1. The number of unbranched alkanes of at least 4 members (excludes halogenated alkanes) is 2. The fraction of sp³-hybridized carbons (Fsp3) is 0.588. The Kier molecular flexibility index (Phi) is 12.4. The van der Waals surface area contributed by atoms with Crippen LogP contribution < -0.4 is 5.32 Å². The second-order valence-electron chi connectivity index (χ2n) is 12.0. The molecule has 10 nitrogen and oxygen atoms in total. The van der Waals surface area contributed by atoms with Crippen molar-refractivity contribution in [2.45, 2.75) is 80.5 Å². The van der Waals surface area contributed by atoms with Crippen LogP contribution in [0.25, 0.3) is 0 Å². The Morgan fingerprint density at radius 1 is 1.22 bits per heavy atom. The van der Waals surface area contributed by atoms with Gasteiger partial charge >= 0.3 is 5.97 Å². The third kappa shape index (κ3) is 7.36. The van der Waals surface area contributed by atoms with Crippen molar-refractivity contribution in [2.75, 3.05) is 32.8 Å². The maximum atomic E-state index is 14.3. The third-order valence-corrected chi connectivity index (χ3v) is 9.90. The molecule has 3 aliphatic heterocycles. The molecular formula is C34H46BrN3O7. The van der Waals surface area contributed by atoms with Crippen LogP contribution in [-0.4, -0.2) is 94.0 Å². The lowest BCUT2D eigenvalue weighted by atomic mass is 9.70. The van der Waals surface area contributed by atoms with Gasteiger partial charge in [0.25, 0.3) is 0 Å². The van der Waals surface area contributed by atoms with Gasteiger partial charge in [-0.05, 0) is 31.2 Å². The van der Waals surface area contributed by atoms with E-state index in [4.69, 9.17) is 9.47 Å². The molecule has 3 saturated heterocycles. The number of carbonyl (C=O) groups excluding carboxylic acids is 4. The molecule has 45 heavy (non-hydrogen) atoms. The molecular weight excluding hydrogens is 642 g/mol. The maximum absolute atomic E-state index is 14.3. The summed E-state index contributed by atoms with van der Waals surface area (Å²) in [5.41, 5.74) is -0.451. The number of nitrogens with one attached hydrogen (secondary N) is 1. The van der Waals surface area contributed by atoms with Crippen LogP contribution in [0, 0.1) is 11.8 Å². The van der Waals surface area contributed by atoms with Crippen LogP contribution in [0.3, 0.4) is 0 Å². The van der Waals surface area contributed by atoms with E-state index in [-0.39, 0.29) is 42.8 Å². The zero-order valence-corrected chi connectivity index (χ0v) is 27.7. The van der Waals surface area contributed by atoms with E-state index < -0.39 is 47.5 Å². The van der Waals surface area contributed by atoms with Crippen LogP contribution in [-0.2, 0) is 28.7 Å². The number of esters is 1. The Morgan fingerprint density at radius 2 is 1.98 bits per heavy atom. The molecule has 7 atom stereocenters. The number of fused-ring (bicyclic) bond motifs is 1. The first-order chi connectivity index (χ1) is 21.7. The van der Waals surface area contributed by atoms with E-state index in [2.05, 4.69) is 41.3 Å². The average Bonchev–Trinajstić information content (AvgIpc) is 3.63. The minimum atomic E-state index is -1.20. The first-order valence-corrected chi connectivity index (χ1v) is 16.9. The molecule has 3 fully saturated rings. The van der Waals surface area contributed by atoms with E-state index >= 15 is 0 Å². The van der Waals surface area contributed by atoms with Crippen LogP contribution >= 0.6 is 15.9 Å². The molecule has 0 aromatic heterocycles. The minimum Gasteiger partial charge on any atom is -0.463 e. The van der Waals surface area contributed by atoms with E-state index in [0.717, 1.165) is 24.8 Å². The van der Waals surface area contributed by atoms with Gasteiger partial charge in [0.05, 0.1) is 24.0 Å². The Morgan fingerprint density at radius 3 is 2.64 bits per heavy atom. The van der Waals surface area contributed by atoms with Crippen LogP contribution in [0.2, 0.25) is 0 Å². The molecule has 246 valence electrons. The van der Waals surface area contributed by atoms with E-state index in [9.17, 15) is 24.3 Å². The molecule has 2 N–H and O–H groups in total. The number of aliphatic hydroxyl groups is 1. The lowest BCUT2D eigenvalue weighted by molar-refractivity contribution is -0.148. The number of hydrogen-bond donors (Lipinski definition) is 2. The number of benzene rings is 1. The Bertz CT molecular complexity index is 1230. The van der Waals surface area contributed by atoms with Crippen molar-refractivity contribution in [1.29, 1.82) is 0 Å². The zero-order valence-electron chi connectivity index (χ0n) is 26.1. The molecule has 3 amide bonds. The summed E-state index contributed by atoms with van der Waals surface area (Å²) in [5.74, 6) is -3.10. The number of allylic oxidation sites excluding steroid dienone is 1. The highest BCUT2D eigenvalue weighted by Gasteiger charge is 2.76. The number of ether oxygens (including phenoxy) is 2. The lowest BCUT2D eigenvalue weighted by Gasteiger charge is -2.37. The molecule has 3 aliphatic rings. The largest absolute Gasteiger partial charge is 0.463 e. The molecule has 2 bridgehead atoms. The van der Waals surface area contributed by atoms with Crippen LogP contribution in [0.15, 0.2) is 55.6 Å². The summed E-state index contributed by atoms with van der Waals surface area (Å²) in [7, 11) is 0.